The summed E-state index contributed by atoms with van der Waals surface area (Å²) in [4.78, 5) is 24.6. The van der Waals surface area contributed by atoms with Gasteiger partial charge in [0.25, 0.3) is 0 Å². The van der Waals surface area contributed by atoms with Crippen LogP contribution in [0.5, 0.6) is 11.5 Å². The van der Waals surface area contributed by atoms with Crippen molar-refractivity contribution < 1.29 is 19.1 Å². The summed E-state index contributed by atoms with van der Waals surface area (Å²) in [6, 6.07) is 13.3. The predicted octanol–water partition coefficient (Wildman–Crippen LogP) is 2.61. The molecule has 0 bridgehead atoms. The van der Waals surface area contributed by atoms with Gasteiger partial charge in [-0.2, -0.15) is 0 Å². The van der Waals surface area contributed by atoms with Crippen LogP contribution in [0.1, 0.15) is 17.5 Å². The quantitative estimate of drug-likeness (QED) is 0.867. The number of nitrogens with one attached hydrogen (secondary N) is 2. The lowest BCUT2D eigenvalue weighted by molar-refractivity contribution is -0.125. The molecule has 1 fully saturated rings. The maximum Gasteiger partial charge on any atom is 0.231 e. The molecule has 6 nitrogen and oxygen atoms in total. The first-order valence-electron chi connectivity index (χ1n) is 8.64. The summed E-state index contributed by atoms with van der Waals surface area (Å²) in [6.07, 6.45) is 0.579. The molecule has 0 saturated heterocycles. The van der Waals surface area contributed by atoms with Crippen molar-refractivity contribution in [1.82, 2.24) is 5.32 Å². The number of anilines is 1. The molecule has 0 aromatic heterocycles. The zero-order valence-corrected chi connectivity index (χ0v) is 14.5. The summed E-state index contributed by atoms with van der Waals surface area (Å²) in [5.74, 6) is 0.539. The van der Waals surface area contributed by atoms with E-state index < -0.39 is 0 Å². The highest BCUT2D eigenvalue weighted by molar-refractivity contribution is 5.99. The molecule has 2 amide bonds. The molecule has 2 aromatic rings. The lowest BCUT2D eigenvalue weighted by Gasteiger charge is -2.07. The number of ether oxygens (including phenoxy) is 2. The van der Waals surface area contributed by atoms with Crippen LogP contribution < -0.4 is 20.1 Å². The largest absolute Gasteiger partial charge is 0.454 e. The number of aryl methyl sites for hydroxylation is 1. The van der Waals surface area contributed by atoms with Crippen molar-refractivity contribution in [1.29, 1.82) is 0 Å². The lowest BCUT2D eigenvalue weighted by Crippen LogP contribution is -2.27. The molecule has 134 valence electrons. The second-order valence-corrected chi connectivity index (χ2v) is 6.71. The van der Waals surface area contributed by atoms with Crippen molar-refractivity contribution in [2.45, 2.75) is 19.9 Å². The van der Waals surface area contributed by atoms with E-state index in [-0.39, 0.29) is 30.4 Å². The first-order chi connectivity index (χ1) is 12.6. The highest BCUT2D eigenvalue weighted by atomic mass is 16.7. The second kappa shape index (κ2) is 6.71. The molecular weight excluding hydrogens is 332 g/mol. The third-order valence-corrected chi connectivity index (χ3v) is 4.65. The van der Waals surface area contributed by atoms with E-state index in [0.29, 0.717) is 30.2 Å². The smallest absolute Gasteiger partial charge is 0.231 e. The van der Waals surface area contributed by atoms with Crippen molar-refractivity contribution in [3.63, 3.8) is 0 Å². The molecule has 2 unspecified atom stereocenters. The van der Waals surface area contributed by atoms with E-state index in [1.807, 2.05) is 31.2 Å². The Morgan fingerprint density at radius 1 is 1.04 bits per heavy atom. The molecule has 2 aliphatic rings. The fourth-order valence-electron chi connectivity index (χ4n) is 3.13. The van der Waals surface area contributed by atoms with Gasteiger partial charge in [-0.05, 0) is 31.0 Å². The van der Waals surface area contributed by atoms with Gasteiger partial charge in [0.15, 0.2) is 11.5 Å². The summed E-state index contributed by atoms with van der Waals surface area (Å²) in [7, 11) is 0. The van der Waals surface area contributed by atoms with Gasteiger partial charge in [-0.3, -0.25) is 9.59 Å². The summed E-state index contributed by atoms with van der Waals surface area (Å²) in [6.45, 7) is 2.69. The van der Waals surface area contributed by atoms with Gasteiger partial charge in [0, 0.05) is 18.3 Å². The summed E-state index contributed by atoms with van der Waals surface area (Å²) in [5, 5.41) is 5.76. The standard InChI is InChI=1S/C20H20N2O4/c1-12-3-2-4-13(7-12)10-21-19(23)15-9-16(15)20(24)22-14-5-6-17-18(8-14)26-11-25-17/h2-8,15-16H,9-11H2,1H3,(H,21,23)(H,22,24). The Labute approximate surface area is 151 Å². The number of carbonyl (C=O) groups is 2. The minimum atomic E-state index is -0.280. The van der Waals surface area contributed by atoms with Gasteiger partial charge in [-0.15, -0.1) is 0 Å². The zero-order valence-electron chi connectivity index (χ0n) is 14.5. The minimum Gasteiger partial charge on any atom is -0.454 e. The van der Waals surface area contributed by atoms with E-state index in [0.717, 1.165) is 11.1 Å². The Morgan fingerprint density at radius 3 is 2.69 bits per heavy atom. The Kier molecular flexibility index (Phi) is 4.24. The van der Waals surface area contributed by atoms with E-state index in [9.17, 15) is 9.59 Å². The van der Waals surface area contributed by atoms with Crippen LogP contribution >= 0.6 is 0 Å². The van der Waals surface area contributed by atoms with Crippen molar-refractivity contribution in [2.24, 2.45) is 11.8 Å². The van der Waals surface area contributed by atoms with Gasteiger partial charge in [0.1, 0.15) is 0 Å². The van der Waals surface area contributed by atoms with Crippen molar-refractivity contribution in [3.05, 3.63) is 53.6 Å². The van der Waals surface area contributed by atoms with E-state index in [1.165, 1.54) is 0 Å². The Bertz CT molecular complexity index is 865. The predicted molar refractivity (Wildman–Crippen MR) is 95.8 cm³/mol. The van der Waals surface area contributed by atoms with Crippen molar-refractivity contribution in [3.8, 4) is 11.5 Å². The van der Waals surface area contributed by atoms with Crippen LogP contribution in [0.3, 0.4) is 0 Å². The molecule has 1 saturated carbocycles. The molecule has 26 heavy (non-hydrogen) atoms. The van der Waals surface area contributed by atoms with Crippen LogP contribution in [0.25, 0.3) is 0 Å². The number of rotatable bonds is 5. The number of amides is 2. The van der Waals surface area contributed by atoms with Gasteiger partial charge >= 0.3 is 0 Å². The lowest BCUT2D eigenvalue weighted by atomic mass is 10.1. The summed E-state index contributed by atoms with van der Waals surface area (Å²) < 4.78 is 10.6. The van der Waals surface area contributed by atoms with Gasteiger partial charge in [-0.25, -0.2) is 0 Å². The minimum absolute atomic E-state index is 0.0719. The molecule has 0 radical (unpaired) electrons. The van der Waals surface area contributed by atoms with Crippen LogP contribution in [0.4, 0.5) is 5.69 Å². The van der Waals surface area contributed by atoms with Gasteiger partial charge in [-0.1, -0.05) is 29.8 Å². The molecule has 6 heteroatoms. The Balaban J connectivity index is 1.28. The SMILES string of the molecule is Cc1cccc(CNC(=O)C2CC2C(=O)Nc2ccc3c(c2)OCO3)c1. The molecule has 1 aliphatic carbocycles. The van der Waals surface area contributed by atoms with E-state index in [2.05, 4.69) is 10.6 Å². The fourth-order valence-corrected chi connectivity index (χ4v) is 3.13. The van der Waals surface area contributed by atoms with Gasteiger partial charge < -0.3 is 20.1 Å². The Morgan fingerprint density at radius 2 is 1.85 bits per heavy atom. The first-order valence-corrected chi connectivity index (χ1v) is 8.64. The molecule has 4 rings (SSSR count). The molecule has 2 atom stereocenters. The topological polar surface area (TPSA) is 76.7 Å². The van der Waals surface area contributed by atoms with Crippen molar-refractivity contribution in [2.75, 3.05) is 12.1 Å². The second-order valence-electron chi connectivity index (χ2n) is 6.71. The third kappa shape index (κ3) is 3.49. The highest BCUT2D eigenvalue weighted by Gasteiger charge is 2.47. The Hall–Kier alpha value is -3.02. The maximum atomic E-state index is 12.3. The number of fused-ring (bicyclic) bond motifs is 1. The van der Waals surface area contributed by atoms with Gasteiger partial charge in [0.2, 0.25) is 18.6 Å². The van der Waals surface area contributed by atoms with E-state index >= 15 is 0 Å². The maximum absolute atomic E-state index is 12.3. The molecule has 1 aliphatic heterocycles. The highest BCUT2D eigenvalue weighted by Crippen LogP contribution is 2.40. The summed E-state index contributed by atoms with van der Waals surface area (Å²) >= 11 is 0. The third-order valence-electron chi connectivity index (χ3n) is 4.65. The molecular formula is C20H20N2O4. The number of benzene rings is 2. The molecule has 2 aromatic carbocycles. The van der Waals surface area contributed by atoms with Crippen molar-refractivity contribution >= 4 is 17.5 Å². The monoisotopic (exact) mass is 352 g/mol. The number of hydrogen-bond donors (Lipinski definition) is 2. The van der Waals surface area contributed by atoms with Crippen LogP contribution in [-0.2, 0) is 16.1 Å². The molecule has 1 heterocycles. The van der Waals surface area contributed by atoms with Crippen LogP contribution in [-0.4, -0.2) is 18.6 Å². The number of hydrogen-bond acceptors (Lipinski definition) is 4. The summed E-state index contributed by atoms with van der Waals surface area (Å²) in [5.41, 5.74) is 2.86. The van der Waals surface area contributed by atoms with Crippen LogP contribution in [0, 0.1) is 18.8 Å². The zero-order chi connectivity index (χ0) is 18.1. The van der Waals surface area contributed by atoms with Gasteiger partial charge in [0.05, 0.1) is 11.8 Å². The van der Waals surface area contributed by atoms with Crippen LogP contribution in [0.2, 0.25) is 0 Å². The molecule has 2 N–H and O–H groups in total. The fraction of sp³-hybridized carbons (Fsp3) is 0.300. The van der Waals surface area contributed by atoms with Crippen LogP contribution in [0.15, 0.2) is 42.5 Å². The average molecular weight is 352 g/mol. The number of carbonyl (C=O) groups excluding carboxylic acids is 2. The van der Waals surface area contributed by atoms with E-state index in [1.54, 1.807) is 18.2 Å². The molecule has 0 spiro atoms. The normalized spacial score (nSPS) is 19.7. The first kappa shape index (κ1) is 16.4. The average Bonchev–Trinajstić information content (AvgIpc) is 3.30. The van der Waals surface area contributed by atoms with E-state index in [4.69, 9.17) is 9.47 Å².